The molecule has 0 atom stereocenters. The Kier molecular flexibility index (Phi) is 5.30. The summed E-state index contributed by atoms with van der Waals surface area (Å²) in [5.74, 6) is -0.963. The summed E-state index contributed by atoms with van der Waals surface area (Å²) in [4.78, 5) is 22.3. The molecule has 2 rings (SSSR count). The highest BCUT2D eigenvalue weighted by molar-refractivity contribution is 5.94. The molecule has 6 nitrogen and oxygen atoms in total. The second-order valence-electron chi connectivity index (χ2n) is 5.04. The van der Waals surface area contributed by atoms with Crippen molar-refractivity contribution in [2.45, 2.75) is 26.2 Å². The number of hydrogen-bond donors (Lipinski definition) is 2. The Balaban J connectivity index is 1.86. The molecule has 0 saturated carbocycles. The second kappa shape index (κ2) is 7.40. The number of unbranched alkanes of at least 4 members (excludes halogenated alkanes) is 1. The van der Waals surface area contributed by atoms with E-state index in [0.29, 0.717) is 24.9 Å². The Morgan fingerprint density at radius 3 is 2.50 bits per heavy atom. The maximum atomic E-state index is 12.0. The van der Waals surface area contributed by atoms with Crippen molar-refractivity contribution < 1.29 is 14.7 Å². The van der Waals surface area contributed by atoms with Gasteiger partial charge in [0.2, 0.25) is 0 Å². The quantitative estimate of drug-likeness (QED) is 0.768. The number of aromatic nitrogens is 2. The van der Waals surface area contributed by atoms with E-state index in [4.69, 9.17) is 5.11 Å². The van der Waals surface area contributed by atoms with Gasteiger partial charge in [-0.05, 0) is 50.1 Å². The molecule has 0 bridgehead atoms. The number of aliphatic carboxylic acids is 1. The molecule has 0 aliphatic heterocycles. The van der Waals surface area contributed by atoms with Crippen LogP contribution in [0.1, 0.15) is 35.3 Å². The molecule has 2 aromatic rings. The number of carboxylic acid groups (broad SMARTS) is 1. The molecule has 0 unspecified atom stereocenters. The van der Waals surface area contributed by atoms with Gasteiger partial charge in [0.25, 0.3) is 5.91 Å². The molecule has 1 amide bonds. The van der Waals surface area contributed by atoms with Gasteiger partial charge in [0.15, 0.2) is 0 Å². The zero-order chi connectivity index (χ0) is 15.9. The molecule has 1 aromatic carbocycles. The third kappa shape index (κ3) is 4.18. The topological polar surface area (TPSA) is 84.2 Å². The van der Waals surface area contributed by atoms with Crippen molar-refractivity contribution in [3.63, 3.8) is 0 Å². The Hall–Kier alpha value is -2.63. The Morgan fingerprint density at radius 1 is 1.18 bits per heavy atom. The molecule has 116 valence electrons. The highest BCUT2D eigenvalue weighted by atomic mass is 16.4. The molecule has 6 heteroatoms. The van der Waals surface area contributed by atoms with Gasteiger partial charge in [0, 0.05) is 30.4 Å². The van der Waals surface area contributed by atoms with E-state index in [1.165, 1.54) is 0 Å². The minimum Gasteiger partial charge on any atom is -0.481 e. The first kappa shape index (κ1) is 15.8. The third-order valence-corrected chi connectivity index (χ3v) is 3.31. The van der Waals surface area contributed by atoms with Crippen molar-refractivity contribution >= 4 is 11.9 Å². The number of nitrogens with one attached hydrogen (secondary N) is 1. The predicted octanol–water partition coefficient (Wildman–Crippen LogP) is 2.17. The van der Waals surface area contributed by atoms with Crippen molar-refractivity contribution in [1.29, 1.82) is 0 Å². The van der Waals surface area contributed by atoms with Crippen LogP contribution in [0.2, 0.25) is 0 Å². The first-order valence-corrected chi connectivity index (χ1v) is 7.19. The van der Waals surface area contributed by atoms with Crippen molar-refractivity contribution in [3.8, 4) is 5.69 Å². The molecule has 0 aliphatic carbocycles. The molecule has 2 N–H and O–H groups in total. The highest BCUT2D eigenvalue weighted by Gasteiger charge is 2.06. The minimum atomic E-state index is -0.809. The van der Waals surface area contributed by atoms with Crippen molar-refractivity contribution in [2.24, 2.45) is 0 Å². The maximum Gasteiger partial charge on any atom is 0.303 e. The number of hydrogen-bond acceptors (Lipinski definition) is 3. The number of aryl methyl sites for hydroxylation is 1. The summed E-state index contributed by atoms with van der Waals surface area (Å²) in [5.41, 5.74) is 2.50. The van der Waals surface area contributed by atoms with Crippen molar-refractivity contribution in [3.05, 3.63) is 47.8 Å². The lowest BCUT2D eigenvalue weighted by Crippen LogP contribution is -2.24. The monoisotopic (exact) mass is 301 g/mol. The number of rotatable bonds is 7. The largest absolute Gasteiger partial charge is 0.481 e. The lowest BCUT2D eigenvalue weighted by Gasteiger charge is -2.07. The zero-order valence-corrected chi connectivity index (χ0v) is 12.5. The number of amides is 1. The second-order valence-corrected chi connectivity index (χ2v) is 5.04. The highest BCUT2D eigenvalue weighted by Crippen LogP contribution is 2.11. The van der Waals surface area contributed by atoms with E-state index in [1.54, 1.807) is 23.0 Å². The van der Waals surface area contributed by atoms with Crippen LogP contribution in [0.5, 0.6) is 0 Å². The van der Waals surface area contributed by atoms with Gasteiger partial charge >= 0.3 is 5.97 Å². The van der Waals surface area contributed by atoms with Gasteiger partial charge in [0.1, 0.15) is 0 Å². The number of benzene rings is 1. The van der Waals surface area contributed by atoms with Crippen LogP contribution in [0.3, 0.4) is 0 Å². The summed E-state index contributed by atoms with van der Waals surface area (Å²) in [7, 11) is 0. The van der Waals surface area contributed by atoms with Crippen LogP contribution >= 0.6 is 0 Å². The molecule has 0 radical (unpaired) electrons. The fourth-order valence-corrected chi connectivity index (χ4v) is 2.10. The minimum absolute atomic E-state index is 0.133. The van der Waals surface area contributed by atoms with E-state index in [2.05, 4.69) is 10.4 Å². The van der Waals surface area contributed by atoms with Crippen LogP contribution in [0.15, 0.2) is 36.5 Å². The van der Waals surface area contributed by atoms with Crippen LogP contribution in [-0.4, -0.2) is 33.3 Å². The lowest BCUT2D eigenvalue weighted by atomic mass is 10.2. The van der Waals surface area contributed by atoms with Gasteiger partial charge in [0.05, 0.1) is 5.69 Å². The van der Waals surface area contributed by atoms with E-state index in [1.807, 2.05) is 25.1 Å². The predicted molar refractivity (Wildman–Crippen MR) is 82.1 cm³/mol. The normalized spacial score (nSPS) is 10.4. The Morgan fingerprint density at radius 2 is 1.91 bits per heavy atom. The smallest absolute Gasteiger partial charge is 0.303 e. The summed E-state index contributed by atoms with van der Waals surface area (Å²) in [6.45, 7) is 2.44. The van der Waals surface area contributed by atoms with Crippen LogP contribution < -0.4 is 5.32 Å². The first-order valence-electron chi connectivity index (χ1n) is 7.19. The zero-order valence-electron chi connectivity index (χ0n) is 12.5. The van der Waals surface area contributed by atoms with E-state index < -0.39 is 5.97 Å². The summed E-state index contributed by atoms with van der Waals surface area (Å²) in [5, 5.41) is 15.5. The first-order chi connectivity index (χ1) is 10.6. The number of carbonyl (C=O) groups excluding carboxylic acids is 1. The lowest BCUT2D eigenvalue weighted by molar-refractivity contribution is -0.137. The molecule has 0 fully saturated rings. The van der Waals surface area contributed by atoms with Gasteiger partial charge in [-0.2, -0.15) is 5.10 Å². The van der Waals surface area contributed by atoms with Gasteiger partial charge in [-0.25, -0.2) is 4.68 Å². The fourth-order valence-electron chi connectivity index (χ4n) is 2.10. The summed E-state index contributed by atoms with van der Waals surface area (Å²) in [6, 6.07) is 9.11. The molecule has 22 heavy (non-hydrogen) atoms. The van der Waals surface area contributed by atoms with E-state index in [-0.39, 0.29) is 12.3 Å². The number of carbonyl (C=O) groups is 2. The Labute approximate surface area is 128 Å². The van der Waals surface area contributed by atoms with Gasteiger partial charge in [-0.3, -0.25) is 9.59 Å². The molecule has 0 spiro atoms. The molecular formula is C16H19N3O3. The van der Waals surface area contributed by atoms with Crippen molar-refractivity contribution in [1.82, 2.24) is 15.1 Å². The van der Waals surface area contributed by atoms with Crippen LogP contribution in [0, 0.1) is 6.92 Å². The van der Waals surface area contributed by atoms with Gasteiger partial charge < -0.3 is 10.4 Å². The standard InChI is InChI=1S/C16H19N3O3/c1-12-9-11-18-19(12)14-7-5-13(6-8-14)16(22)17-10-3-2-4-15(20)21/h5-9,11H,2-4,10H2,1H3,(H,17,22)(H,20,21). The fraction of sp³-hybridized carbons (Fsp3) is 0.312. The molecule has 0 saturated heterocycles. The van der Waals surface area contributed by atoms with E-state index >= 15 is 0 Å². The SMILES string of the molecule is Cc1ccnn1-c1ccc(C(=O)NCCCCC(=O)O)cc1. The molecule has 1 aromatic heterocycles. The van der Waals surface area contributed by atoms with Gasteiger partial charge in [-0.15, -0.1) is 0 Å². The summed E-state index contributed by atoms with van der Waals surface area (Å²) < 4.78 is 1.80. The average molecular weight is 301 g/mol. The number of carboxylic acids is 1. The third-order valence-electron chi connectivity index (χ3n) is 3.31. The maximum absolute atomic E-state index is 12.0. The summed E-state index contributed by atoms with van der Waals surface area (Å²) >= 11 is 0. The van der Waals surface area contributed by atoms with Crippen LogP contribution in [0.4, 0.5) is 0 Å². The average Bonchev–Trinajstić information content (AvgIpc) is 2.92. The van der Waals surface area contributed by atoms with E-state index in [9.17, 15) is 9.59 Å². The van der Waals surface area contributed by atoms with Gasteiger partial charge in [-0.1, -0.05) is 0 Å². The molecule has 0 aliphatic rings. The molecule has 1 heterocycles. The van der Waals surface area contributed by atoms with E-state index in [0.717, 1.165) is 11.4 Å². The van der Waals surface area contributed by atoms with Crippen LogP contribution in [0.25, 0.3) is 5.69 Å². The van der Waals surface area contributed by atoms with Crippen LogP contribution in [-0.2, 0) is 4.79 Å². The number of nitrogens with zero attached hydrogens (tertiary/aromatic N) is 2. The Bertz CT molecular complexity index is 647. The summed E-state index contributed by atoms with van der Waals surface area (Å²) in [6.07, 6.45) is 3.08. The molecular weight excluding hydrogens is 282 g/mol. The van der Waals surface area contributed by atoms with Crippen molar-refractivity contribution in [2.75, 3.05) is 6.54 Å².